The SMILES string of the molecule is O=C(Nc1ccc(Oc2ncccn2)cc1C(=O)[O-])c1ccc(Cl)cc1Cl.[Li+]. The summed E-state index contributed by atoms with van der Waals surface area (Å²) in [5, 5.41) is 14.5. The van der Waals surface area contributed by atoms with E-state index in [-0.39, 0.29) is 52.5 Å². The molecule has 1 N–H and O–H groups in total. The van der Waals surface area contributed by atoms with Gasteiger partial charge in [-0.15, -0.1) is 0 Å². The van der Waals surface area contributed by atoms with E-state index < -0.39 is 11.9 Å². The molecule has 1 aromatic heterocycles. The molecular formula is C18H10Cl2LiN3O4. The number of aromatic carboxylic acids is 1. The van der Waals surface area contributed by atoms with Gasteiger partial charge in [0.2, 0.25) is 0 Å². The molecule has 0 aliphatic heterocycles. The summed E-state index contributed by atoms with van der Waals surface area (Å²) in [7, 11) is 0. The molecule has 0 aliphatic rings. The fraction of sp³-hybridized carbons (Fsp3) is 0. The molecule has 28 heavy (non-hydrogen) atoms. The van der Waals surface area contributed by atoms with Gasteiger partial charge < -0.3 is 20.0 Å². The van der Waals surface area contributed by atoms with Crippen LogP contribution in [0.1, 0.15) is 20.7 Å². The Balaban J connectivity index is 0.00000280. The molecule has 1 amide bonds. The number of benzene rings is 2. The molecule has 0 spiro atoms. The maximum atomic E-state index is 12.4. The van der Waals surface area contributed by atoms with Crippen molar-refractivity contribution in [3.8, 4) is 11.8 Å². The topological polar surface area (TPSA) is 104 Å². The summed E-state index contributed by atoms with van der Waals surface area (Å²) in [6, 6.07) is 10.0. The molecule has 0 saturated heterocycles. The molecule has 0 atom stereocenters. The summed E-state index contributed by atoms with van der Waals surface area (Å²) in [4.78, 5) is 31.6. The van der Waals surface area contributed by atoms with E-state index >= 15 is 0 Å². The molecule has 0 radical (unpaired) electrons. The van der Waals surface area contributed by atoms with Crippen LogP contribution >= 0.6 is 23.2 Å². The van der Waals surface area contributed by atoms with Gasteiger partial charge in [-0.05, 0) is 42.5 Å². The molecule has 0 bridgehead atoms. The van der Waals surface area contributed by atoms with Crippen LogP contribution in [0.4, 0.5) is 5.69 Å². The molecule has 3 aromatic rings. The van der Waals surface area contributed by atoms with Crippen LogP contribution in [0, 0.1) is 0 Å². The first-order chi connectivity index (χ1) is 12.9. The first-order valence-corrected chi connectivity index (χ1v) is 8.26. The summed E-state index contributed by atoms with van der Waals surface area (Å²) in [5.41, 5.74) is -0.113. The molecule has 0 aliphatic carbocycles. The second-order valence-corrected chi connectivity index (χ2v) is 6.05. The van der Waals surface area contributed by atoms with E-state index in [2.05, 4.69) is 15.3 Å². The third-order valence-electron chi connectivity index (χ3n) is 3.39. The molecule has 0 unspecified atom stereocenters. The van der Waals surface area contributed by atoms with E-state index in [0.29, 0.717) is 5.02 Å². The minimum Gasteiger partial charge on any atom is -0.545 e. The van der Waals surface area contributed by atoms with Gasteiger partial charge >= 0.3 is 24.9 Å². The number of aromatic nitrogens is 2. The van der Waals surface area contributed by atoms with Gasteiger partial charge in [-0.3, -0.25) is 4.79 Å². The minimum atomic E-state index is -1.49. The molecule has 10 heteroatoms. The number of carbonyl (C=O) groups excluding carboxylic acids is 2. The second kappa shape index (κ2) is 9.58. The maximum absolute atomic E-state index is 12.4. The van der Waals surface area contributed by atoms with Crippen molar-refractivity contribution in [2.24, 2.45) is 0 Å². The normalized spacial score (nSPS) is 9.93. The Morgan fingerprint density at radius 1 is 1.00 bits per heavy atom. The average Bonchev–Trinajstić information content (AvgIpc) is 2.63. The number of carboxylic acid groups (broad SMARTS) is 1. The smallest absolute Gasteiger partial charge is 0.545 e. The number of rotatable bonds is 5. The van der Waals surface area contributed by atoms with Crippen molar-refractivity contribution in [1.29, 1.82) is 0 Å². The fourth-order valence-corrected chi connectivity index (χ4v) is 2.67. The molecule has 3 rings (SSSR count). The number of anilines is 1. The molecule has 0 fully saturated rings. The summed E-state index contributed by atoms with van der Waals surface area (Å²) in [6.07, 6.45) is 2.96. The number of hydrogen-bond donors (Lipinski definition) is 1. The Bertz CT molecular complexity index is 1020. The number of nitrogens with zero attached hydrogens (tertiary/aromatic N) is 2. The van der Waals surface area contributed by atoms with Gasteiger partial charge in [-0.25, -0.2) is 9.97 Å². The van der Waals surface area contributed by atoms with E-state index in [1.54, 1.807) is 6.07 Å². The third kappa shape index (κ3) is 5.24. The summed E-state index contributed by atoms with van der Waals surface area (Å²) >= 11 is 11.8. The number of halogens is 2. The van der Waals surface area contributed by atoms with Gasteiger partial charge in [0, 0.05) is 23.0 Å². The van der Waals surface area contributed by atoms with Crippen molar-refractivity contribution < 1.29 is 38.3 Å². The van der Waals surface area contributed by atoms with E-state index in [4.69, 9.17) is 27.9 Å². The second-order valence-electron chi connectivity index (χ2n) is 5.21. The third-order valence-corrected chi connectivity index (χ3v) is 3.93. The van der Waals surface area contributed by atoms with Crippen molar-refractivity contribution in [2.45, 2.75) is 0 Å². The summed E-state index contributed by atoms with van der Waals surface area (Å²) in [5.74, 6) is -1.92. The van der Waals surface area contributed by atoms with E-state index in [0.717, 1.165) is 0 Å². The van der Waals surface area contributed by atoms with Gasteiger partial charge in [-0.2, -0.15) is 0 Å². The molecule has 136 valence electrons. The Morgan fingerprint density at radius 3 is 2.36 bits per heavy atom. The van der Waals surface area contributed by atoms with Gasteiger partial charge in [0.25, 0.3) is 5.91 Å². The fourth-order valence-electron chi connectivity index (χ4n) is 2.17. The molecule has 0 saturated carbocycles. The summed E-state index contributed by atoms with van der Waals surface area (Å²) in [6.45, 7) is 0. The van der Waals surface area contributed by atoms with Crippen molar-refractivity contribution in [3.63, 3.8) is 0 Å². The van der Waals surface area contributed by atoms with Crippen molar-refractivity contribution in [3.05, 3.63) is 76.0 Å². The first kappa shape index (κ1) is 21.7. The van der Waals surface area contributed by atoms with Crippen LogP contribution in [0.5, 0.6) is 11.8 Å². The van der Waals surface area contributed by atoms with Crippen LogP contribution in [0.15, 0.2) is 54.9 Å². The van der Waals surface area contributed by atoms with E-state index in [9.17, 15) is 14.7 Å². The van der Waals surface area contributed by atoms with Crippen LogP contribution in [0.25, 0.3) is 0 Å². The molecule has 7 nitrogen and oxygen atoms in total. The largest absolute Gasteiger partial charge is 1.00 e. The Kier molecular flexibility index (Phi) is 7.43. The molecule has 2 aromatic carbocycles. The van der Waals surface area contributed by atoms with Crippen molar-refractivity contribution >= 4 is 40.8 Å². The zero-order valence-electron chi connectivity index (χ0n) is 14.5. The maximum Gasteiger partial charge on any atom is 1.00 e. The quantitative estimate of drug-likeness (QED) is 0.603. The summed E-state index contributed by atoms with van der Waals surface area (Å²) < 4.78 is 5.38. The van der Waals surface area contributed by atoms with Gasteiger partial charge in [0.15, 0.2) is 0 Å². The zero-order valence-corrected chi connectivity index (χ0v) is 16.0. The number of nitrogens with one attached hydrogen (secondary N) is 1. The zero-order chi connectivity index (χ0) is 19.4. The van der Waals surface area contributed by atoms with Crippen LogP contribution in [-0.4, -0.2) is 21.8 Å². The Morgan fingerprint density at radius 2 is 1.71 bits per heavy atom. The van der Waals surface area contributed by atoms with Crippen LogP contribution in [0.3, 0.4) is 0 Å². The van der Waals surface area contributed by atoms with Crippen molar-refractivity contribution in [1.82, 2.24) is 9.97 Å². The Hall–Kier alpha value is -2.56. The standard InChI is InChI=1S/C18H11Cl2N3O4.Li/c19-10-2-4-12(14(20)8-10)16(24)23-15-5-3-11(9-13(15)17(25)26)27-18-21-6-1-7-22-18;/h1-9H,(H,23,24)(H,25,26);/q;+1/p-1. The van der Waals surface area contributed by atoms with Gasteiger partial charge in [0.1, 0.15) is 5.75 Å². The monoisotopic (exact) mass is 409 g/mol. The van der Waals surface area contributed by atoms with E-state index in [1.165, 1.54) is 48.8 Å². The van der Waals surface area contributed by atoms with E-state index in [1.807, 2.05) is 0 Å². The number of carboxylic acids is 1. The number of amides is 1. The van der Waals surface area contributed by atoms with Crippen LogP contribution < -0.4 is 34.0 Å². The number of carbonyl (C=O) groups is 2. The van der Waals surface area contributed by atoms with Gasteiger partial charge in [-0.1, -0.05) is 23.2 Å². The van der Waals surface area contributed by atoms with Crippen LogP contribution in [0.2, 0.25) is 10.0 Å². The predicted octanol–water partition coefficient (Wildman–Crippen LogP) is 0.195. The van der Waals surface area contributed by atoms with Gasteiger partial charge in [0.05, 0.1) is 22.2 Å². The number of ether oxygens (including phenoxy) is 1. The first-order valence-electron chi connectivity index (χ1n) is 7.50. The minimum absolute atomic E-state index is 0. The molecule has 1 heterocycles. The average molecular weight is 410 g/mol. The Labute approximate surface area is 181 Å². The molecular weight excluding hydrogens is 400 g/mol. The predicted molar refractivity (Wildman–Crippen MR) is 97.3 cm³/mol. The van der Waals surface area contributed by atoms with Crippen LogP contribution in [-0.2, 0) is 0 Å². The van der Waals surface area contributed by atoms with Crippen molar-refractivity contribution in [2.75, 3.05) is 5.32 Å². The number of hydrogen-bond acceptors (Lipinski definition) is 6.